The summed E-state index contributed by atoms with van der Waals surface area (Å²) >= 11 is 2.79. The molecule has 0 atom stereocenters. The predicted octanol–water partition coefficient (Wildman–Crippen LogP) is 5.04. The number of non-ortho nitro benzene ring substituents is 1. The number of nitro groups is 1. The smallest absolute Gasteiger partial charge is 0.320 e. The lowest BCUT2D eigenvalue weighted by Crippen LogP contribution is -1.86. The van der Waals surface area contributed by atoms with Crippen molar-refractivity contribution in [3.05, 3.63) is 64.7 Å². The summed E-state index contributed by atoms with van der Waals surface area (Å²) in [6.07, 6.45) is 0. The van der Waals surface area contributed by atoms with Gasteiger partial charge in [0.1, 0.15) is 11.3 Å². The molecule has 0 radical (unpaired) electrons. The van der Waals surface area contributed by atoms with Gasteiger partial charge in [-0.15, -0.1) is 0 Å². The monoisotopic (exact) mass is 316 g/mol. The lowest BCUT2D eigenvalue weighted by molar-refractivity contribution is -0.384. The summed E-state index contributed by atoms with van der Waals surface area (Å²) in [4.78, 5) is 11.0. The molecule has 0 bridgehead atoms. The second-order valence-corrected chi connectivity index (χ2v) is 6.57. The zero-order valence-electron chi connectivity index (χ0n) is 10.7. The van der Waals surface area contributed by atoms with E-state index in [4.69, 9.17) is 0 Å². The largest absolute Gasteiger partial charge is 0.481 e. The normalized spacial score (nSPS) is 10.5. The lowest BCUT2D eigenvalue weighted by atomic mass is 10.2. The van der Waals surface area contributed by atoms with Crippen LogP contribution in [0.4, 0.5) is 5.69 Å². The number of hydrogen-bond acceptors (Lipinski definition) is 4. The maximum atomic E-state index is 10.7. The van der Waals surface area contributed by atoms with E-state index in [1.54, 1.807) is 12.1 Å². The van der Waals surface area contributed by atoms with Gasteiger partial charge in [-0.1, -0.05) is 18.2 Å². The van der Waals surface area contributed by atoms with E-state index in [1.165, 1.54) is 34.8 Å². The van der Waals surface area contributed by atoms with Crippen LogP contribution in [0.2, 0.25) is 0 Å². The Labute approximate surface area is 128 Å². The summed E-state index contributed by atoms with van der Waals surface area (Å²) in [7, 11) is 0. The Morgan fingerprint density at radius 1 is 1.00 bits per heavy atom. The highest BCUT2D eigenvalue weighted by Crippen LogP contribution is 2.46. The van der Waals surface area contributed by atoms with Crippen LogP contribution in [0.25, 0.3) is 20.2 Å². The van der Waals surface area contributed by atoms with Gasteiger partial charge >= 0.3 is 5.06 Å². The van der Waals surface area contributed by atoms with Gasteiger partial charge < -0.3 is 5.11 Å². The van der Waals surface area contributed by atoms with Crippen molar-refractivity contribution in [1.82, 2.24) is 0 Å². The number of benzene rings is 2. The first-order valence-corrected chi connectivity index (χ1v) is 7.74. The van der Waals surface area contributed by atoms with Gasteiger partial charge in [0.15, 0.2) is 0 Å². The molecule has 3 aromatic rings. The molecule has 21 heavy (non-hydrogen) atoms. The van der Waals surface area contributed by atoms with Crippen molar-refractivity contribution in [3.8, 4) is 25.3 Å². The van der Waals surface area contributed by atoms with Crippen molar-refractivity contribution in [1.29, 1.82) is 0 Å². The first-order chi connectivity index (χ1) is 10.1. The highest BCUT2D eigenvalue weighted by atomic mass is 32.2. The predicted molar refractivity (Wildman–Crippen MR) is 85.8 cm³/mol. The highest BCUT2D eigenvalue weighted by molar-refractivity contribution is 7.39. The first kappa shape index (κ1) is 13.7. The van der Waals surface area contributed by atoms with E-state index in [0.29, 0.717) is 0 Å². The summed E-state index contributed by atoms with van der Waals surface area (Å²) in [5, 5.41) is 21.0. The second kappa shape index (κ2) is 5.59. The maximum absolute atomic E-state index is 10.7. The van der Waals surface area contributed by atoms with E-state index in [0.717, 1.165) is 20.2 Å². The molecule has 1 aromatic heterocycles. The van der Waals surface area contributed by atoms with E-state index in [-0.39, 0.29) is 10.8 Å². The molecule has 0 unspecified atom stereocenters. The molecule has 0 aliphatic heterocycles. The molecule has 104 valence electrons. The molecule has 3 rings (SSSR count). The van der Waals surface area contributed by atoms with Gasteiger partial charge in [0.25, 0.3) is 9.88 Å². The number of hydrogen-bond donors (Lipinski definition) is 1. The fourth-order valence-electron chi connectivity index (χ4n) is 1.90. The highest BCUT2D eigenvalue weighted by Gasteiger charge is 2.25. The van der Waals surface area contributed by atoms with E-state index >= 15 is 0 Å². The lowest BCUT2D eigenvalue weighted by Gasteiger charge is -1.93. The second-order valence-electron chi connectivity index (χ2n) is 4.30. The quantitative estimate of drug-likeness (QED) is 0.418. The summed E-state index contributed by atoms with van der Waals surface area (Å²) < 4.78 is 1.00. The van der Waals surface area contributed by atoms with Crippen molar-refractivity contribution < 1.29 is 10.0 Å². The van der Waals surface area contributed by atoms with Crippen LogP contribution in [0, 0.1) is 10.1 Å². The van der Waals surface area contributed by atoms with Crippen molar-refractivity contribution in [2.75, 3.05) is 0 Å². The summed E-state index contributed by atoms with van der Waals surface area (Å²) in [6, 6.07) is 16.0. The van der Waals surface area contributed by atoms with Gasteiger partial charge in [-0.2, -0.15) is 0 Å². The maximum Gasteiger partial charge on any atom is 0.320 e. The number of nitro benzene ring substituents is 1. The van der Waals surface area contributed by atoms with Crippen LogP contribution >= 0.6 is 22.7 Å². The average Bonchev–Trinajstić information content (AvgIpc) is 2.90. The van der Waals surface area contributed by atoms with Crippen LogP contribution < -0.4 is 0 Å². The van der Waals surface area contributed by atoms with Gasteiger partial charge in [0.2, 0.25) is 4.88 Å². The van der Waals surface area contributed by atoms with Crippen LogP contribution in [-0.2, 0) is 0 Å². The van der Waals surface area contributed by atoms with Gasteiger partial charge in [0, 0.05) is 23.3 Å². The topological polar surface area (TPSA) is 63.4 Å². The van der Waals surface area contributed by atoms with Crippen molar-refractivity contribution in [2.45, 2.75) is 0 Å². The third-order valence-electron chi connectivity index (χ3n) is 2.93. The summed E-state index contributed by atoms with van der Waals surface area (Å²) in [5.41, 5.74) is 1.87. The van der Waals surface area contributed by atoms with Crippen LogP contribution in [0.15, 0.2) is 54.6 Å². The molecule has 1 N–H and O–H groups in total. The van der Waals surface area contributed by atoms with Crippen molar-refractivity contribution in [3.63, 3.8) is 0 Å². The SMILES string of the molecule is O=[N+]([O-])c1ccc(-c2sc(-c3ccccc3)[s+]c2O)cc1. The Balaban J connectivity index is 2.00. The molecule has 2 aromatic carbocycles. The molecule has 6 heteroatoms. The van der Waals surface area contributed by atoms with E-state index in [2.05, 4.69) is 0 Å². The Morgan fingerprint density at radius 2 is 1.67 bits per heavy atom. The minimum atomic E-state index is -0.434. The number of nitrogens with zero attached hydrogens (tertiary/aromatic N) is 1. The van der Waals surface area contributed by atoms with E-state index in [9.17, 15) is 15.2 Å². The molecular formula is C15H10NO3S2+. The Kier molecular flexibility index (Phi) is 3.64. The van der Waals surface area contributed by atoms with Crippen LogP contribution in [0.5, 0.6) is 5.06 Å². The van der Waals surface area contributed by atoms with Gasteiger partial charge in [-0.3, -0.25) is 10.1 Å². The fraction of sp³-hybridized carbons (Fsp3) is 0. The number of rotatable bonds is 3. The molecule has 0 amide bonds. The van der Waals surface area contributed by atoms with Gasteiger partial charge in [-0.05, 0) is 24.3 Å². The molecule has 1 heterocycles. The average molecular weight is 316 g/mol. The molecule has 0 aliphatic rings. The van der Waals surface area contributed by atoms with Crippen LogP contribution in [0.3, 0.4) is 0 Å². The zero-order chi connectivity index (χ0) is 14.8. The van der Waals surface area contributed by atoms with E-state index in [1.807, 2.05) is 30.3 Å². The van der Waals surface area contributed by atoms with Gasteiger partial charge in [0.05, 0.1) is 16.3 Å². The zero-order valence-corrected chi connectivity index (χ0v) is 12.4. The molecule has 0 fully saturated rings. The third-order valence-corrected chi connectivity index (χ3v) is 5.43. The fourth-order valence-corrected chi connectivity index (χ4v) is 4.22. The minimum Gasteiger partial charge on any atom is -0.481 e. The Morgan fingerprint density at radius 3 is 2.29 bits per heavy atom. The Bertz CT molecular complexity index is 782. The molecule has 0 saturated carbocycles. The van der Waals surface area contributed by atoms with E-state index < -0.39 is 4.92 Å². The molecule has 0 spiro atoms. The summed E-state index contributed by atoms with van der Waals surface area (Å²) in [6.45, 7) is 0. The molecular weight excluding hydrogens is 306 g/mol. The number of aromatic hydroxyl groups is 1. The van der Waals surface area contributed by atoms with Crippen LogP contribution in [-0.4, -0.2) is 10.0 Å². The van der Waals surface area contributed by atoms with Crippen molar-refractivity contribution in [2.24, 2.45) is 0 Å². The molecule has 0 aliphatic carbocycles. The Hall–Kier alpha value is -2.31. The first-order valence-electron chi connectivity index (χ1n) is 6.11. The minimum absolute atomic E-state index is 0.0433. The van der Waals surface area contributed by atoms with Crippen LogP contribution in [0.1, 0.15) is 0 Å². The third kappa shape index (κ3) is 2.76. The van der Waals surface area contributed by atoms with Gasteiger partial charge in [-0.25, -0.2) is 0 Å². The summed E-state index contributed by atoms with van der Waals surface area (Å²) in [5.74, 6) is 0. The van der Waals surface area contributed by atoms with Crippen molar-refractivity contribution >= 4 is 28.4 Å². The standard InChI is InChI=1S/C15H9NO3S2/c17-14-13(10-6-8-12(9-7-10)16(18)19)20-15(21-14)11-4-2-1-3-5-11/h1-9H/p+1. The molecule has 0 saturated heterocycles. The molecule has 4 nitrogen and oxygen atoms in total.